The molecule has 0 spiro atoms. The molecule has 0 aromatic heterocycles. The lowest BCUT2D eigenvalue weighted by molar-refractivity contribution is 0.155. The molecule has 4 nitrogen and oxygen atoms in total. The van der Waals surface area contributed by atoms with Gasteiger partial charge in [-0.05, 0) is 42.2 Å². The van der Waals surface area contributed by atoms with E-state index in [2.05, 4.69) is 54.3 Å². The van der Waals surface area contributed by atoms with Crippen LogP contribution in [0.25, 0.3) is 0 Å². The molecule has 0 amide bonds. The smallest absolute Gasteiger partial charge is 0.161 e. The number of rotatable bonds is 5. The molecule has 24 heavy (non-hydrogen) atoms. The molecule has 3 rings (SSSR count). The second kappa shape index (κ2) is 7.24. The van der Waals surface area contributed by atoms with Gasteiger partial charge in [0.05, 0.1) is 20.3 Å². The maximum Gasteiger partial charge on any atom is 0.161 e. The van der Waals surface area contributed by atoms with Gasteiger partial charge in [-0.2, -0.15) is 0 Å². The molecule has 4 heteroatoms. The molecule has 0 radical (unpaired) electrons. The van der Waals surface area contributed by atoms with Crippen molar-refractivity contribution >= 4 is 0 Å². The van der Waals surface area contributed by atoms with E-state index in [1.54, 1.807) is 14.2 Å². The van der Waals surface area contributed by atoms with Crippen LogP contribution in [0.4, 0.5) is 0 Å². The molecule has 1 aliphatic rings. The number of hydrogen-bond donors (Lipinski definition) is 1. The second-order valence-electron chi connectivity index (χ2n) is 6.42. The van der Waals surface area contributed by atoms with Crippen molar-refractivity contribution in [2.24, 2.45) is 5.73 Å². The largest absolute Gasteiger partial charge is 0.493 e. The quantitative estimate of drug-likeness (QED) is 0.917. The lowest BCUT2D eigenvalue weighted by Gasteiger charge is -2.40. The Morgan fingerprint density at radius 3 is 2.42 bits per heavy atom. The first-order chi connectivity index (χ1) is 11.6. The summed E-state index contributed by atoms with van der Waals surface area (Å²) < 4.78 is 11.0. The first kappa shape index (κ1) is 16.8. The number of hydrogen-bond acceptors (Lipinski definition) is 4. The SMILES string of the molecule is COc1cc2c(cc1OC)C(C(C)N)N(Cc1ccccc1)CC2. The van der Waals surface area contributed by atoms with Crippen molar-refractivity contribution in [2.45, 2.75) is 32.0 Å². The Morgan fingerprint density at radius 2 is 1.79 bits per heavy atom. The summed E-state index contributed by atoms with van der Waals surface area (Å²) >= 11 is 0. The van der Waals surface area contributed by atoms with Gasteiger partial charge in [0.25, 0.3) is 0 Å². The van der Waals surface area contributed by atoms with Gasteiger partial charge in [-0.25, -0.2) is 0 Å². The van der Waals surface area contributed by atoms with Crippen molar-refractivity contribution in [3.05, 3.63) is 59.2 Å². The van der Waals surface area contributed by atoms with Gasteiger partial charge in [0, 0.05) is 19.1 Å². The van der Waals surface area contributed by atoms with Gasteiger partial charge in [-0.1, -0.05) is 30.3 Å². The summed E-state index contributed by atoms with van der Waals surface area (Å²) in [6, 6.07) is 15.0. The number of fused-ring (bicyclic) bond motifs is 1. The third-order valence-electron chi connectivity index (χ3n) is 4.75. The predicted octanol–water partition coefficient (Wildman–Crippen LogP) is 3.15. The van der Waals surface area contributed by atoms with Crippen LogP contribution in [0.3, 0.4) is 0 Å². The van der Waals surface area contributed by atoms with Crippen LogP contribution < -0.4 is 15.2 Å². The first-order valence-electron chi connectivity index (χ1n) is 8.42. The molecule has 1 aliphatic heterocycles. The Bertz CT molecular complexity index is 686. The van der Waals surface area contributed by atoms with E-state index in [9.17, 15) is 0 Å². The molecule has 2 atom stereocenters. The fraction of sp³-hybridized carbons (Fsp3) is 0.400. The van der Waals surface area contributed by atoms with Crippen molar-refractivity contribution in [1.29, 1.82) is 0 Å². The van der Waals surface area contributed by atoms with Crippen LogP contribution in [-0.2, 0) is 13.0 Å². The number of nitrogens with two attached hydrogens (primary N) is 1. The average molecular weight is 326 g/mol. The molecule has 0 fully saturated rings. The van der Waals surface area contributed by atoms with Gasteiger partial charge in [0.1, 0.15) is 0 Å². The fourth-order valence-electron chi connectivity index (χ4n) is 3.64. The summed E-state index contributed by atoms with van der Waals surface area (Å²) in [5.74, 6) is 1.56. The van der Waals surface area contributed by atoms with Gasteiger partial charge in [0.15, 0.2) is 11.5 Å². The monoisotopic (exact) mass is 326 g/mol. The molecule has 1 heterocycles. The van der Waals surface area contributed by atoms with Gasteiger partial charge in [-0.15, -0.1) is 0 Å². The van der Waals surface area contributed by atoms with Crippen molar-refractivity contribution in [3.8, 4) is 11.5 Å². The van der Waals surface area contributed by atoms with Crippen molar-refractivity contribution < 1.29 is 9.47 Å². The number of nitrogens with zero attached hydrogens (tertiary/aromatic N) is 1. The molecule has 2 aromatic rings. The van der Waals surface area contributed by atoms with Crippen LogP contribution in [0, 0.1) is 0 Å². The van der Waals surface area contributed by atoms with E-state index >= 15 is 0 Å². The molecule has 128 valence electrons. The maximum absolute atomic E-state index is 6.37. The van der Waals surface area contributed by atoms with Crippen molar-refractivity contribution in [2.75, 3.05) is 20.8 Å². The third-order valence-corrected chi connectivity index (χ3v) is 4.75. The molecular formula is C20H26N2O2. The van der Waals surface area contributed by atoms with E-state index < -0.39 is 0 Å². The van der Waals surface area contributed by atoms with Crippen molar-refractivity contribution in [1.82, 2.24) is 4.90 Å². The first-order valence-corrected chi connectivity index (χ1v) is 8.42. The zero-order valence-electron chi connectivity index (χ0n) is 14.7. The number of methoxy groups -OCH3 is 2. The molecule has 0 saturated carbocycles. The highest BCUT2D eigenvalue weighted by Crippen LogP contribution is 2.39. The molecule has 2 aromatic carbocycles. The van der Waals surface area contributed by atoms with Crippen LogP contribution in [0.15, 0.2) is 42.5 Å². The predicted molar refractivity (Wildman–Crippen MR) is 96.5 cm³/mol. The zero-order chi connectivity index (χ0) is 17.1. The molecular weight excluding hydrogens is 300 g/mol. The zero-order valence-corrected chi connectivity index (χ0v) is 14.7. The Kier molecular flexibility index (Phi) is 5.07. The van der Waals surface area contributed by atoms with Crippen LogP contribution in [0.2, 0.25) is 0 Å². The molecule has 0 aliphatic carbocycles. The molecule has 0 bridgehead atoms. The van der Waals surface area contributed by atoms with Crippen LogP contribution in [0.5, 0.6) is 11.5 Å². The summed E-state index contributed by atoms with van der Waals surface area (Å²) in [5, 5.41) is 0. The Morgan fingerprint density at radius 1 is 1.12 bits per heavy atom. The van der Waals surface area contributed by atoms with Crippen LogP contribution >= 0.6 is 0 Å². The normalized spacial score (nSPS) is 18.8. The Labute approximate surface area is 144 Å². The van der Waals surface area contributed by atoms with Crippen LogP contribution in [-0.4, -0.2) is 31.7 Å². The van der Waals surface area contributed by atoms with E-state index in [0.29, 0.717) is 0 Å². The lowest BCUT2D eigenvalue weighted by atomic mass is 9.88. The highest BCUT2D eigenvalue weighted by molar-refractivity contribution is 5.49. The molecule has 2 unspecified atom stereocenters. The van der Waals surface area contributed by atoms with Crippen molar-refractivity contribution in [3.63, 3.8) is 0 Å². The minimum atomic E-state index is 0.0332. The highest BCUT2D eigenvalue weighted by Gasteiger charge is 2.31. The third kappa shape index (κ3) is 3.25. The Balaban J connectivity index is 1.96. The van der Waals surface area contributed by atoms with Gasteiger partial charge >= 0.3 is 0 Å². The minimum Gasteiger partial charge on any atom is -0.493 e. The fourth-order valence-corrected chi connectivity index (χ4v) is 3.64. The standard InChI is InChI=1S/C20H26N2O2/c1-14(21)20-17-12-19(24-3)18(23-2)11-16(17)9-10-22(20)13-15-7-5-4-6-8-15/h4-8,11-12,14,20H,9-10,13,21H2,1-3H3. The van der Waals surface area contributed by atoms with E-state index in [4.69, 9.17) is 15.2 Å². The highest BCUT2D eigenvalue weighted by atomic mass is 16.5. The number of ether oxygens (including phenoxy) is 2. The summed E-state index contributed by atoms with van der Waals surface area (Å²) in [5.41, 5.74) is 10.2. The number of benzene rings is 2. The van der Waals surface area contributed by atoms with E-state index in [0.717, 1.165) is 31.0 Å². The summed E-state index contributed by atoms with van der Waals surface area (Å²) in [4.78, 5) is 2.47. The van der Waals surface area contributed by atoms with Gasteiger partial charge in [0.2, 0.25) is 0 Å². The second-order valence-corrected chi connectivity index (χ2v) is 6.42. The summed E-state index contributed by atoms with van der Waals surface area (Å²) in [7, 11) is 3.35. The lowest BCUT2D eigenvalue weighted by Crippen LogP contribution is -2.43. The van der Waals surface area contributed by atoms with Gasteiger partial charge in [-0.3, -0.25) is 4.90 Å². The van der Waals surface area contributed by atoms with E-state index in [1.807, 2.05) is 0 Å². The topological polar surface area (TPSA) is 47.7 Å². The van der Waals surface area contributed by atoms with E-state index in [1.165, 1.54) is 16.7 Å². The maximum atomic E-state index is 6.37. The summed E-state index contributed by atoms with van der Waals surface area (Å²) in [6.45, 7) is 3.97. The Hall–Kier alpha value is -2.04. The van der Waals surface area contributed by atoms with Gasteiger partial charge < -0.3 is 15.2 Å². The summed E-state index contributed by atoms with van der Waals surface area (Å²) in [6.07, 6.45) is 0.992. The molecule has 2 N–H and O–H groups in total. The average Bonchev–Trinajstić information content (AvgIpc) is 2.60. The van der Waals surface area contributed by atoms with E-state index in [-0.39, 0.29) is 12.1 Å². The minimum absolute atomic E-state index is 0.0332. The molecule has 0 saturated heterocycles. The van der Waals surface area contributed by atoms with Crippen LogP contribution in [0.1, 0.15) is 29.7 Å².